The molecule has 2 rings (SSSR count). The summed E-state index contributed by atoms with van der Waals surface area (Å²) in [6, 6.07) is 4.42. The van der Waals surface area contributed by atoms with E-state index < -0.39 is 0 Å². The van der Waals surface area contributed by atoms with E-state index in [1.54, 1.807) is 11.3 Å². The summed E-state index contributed by atoms with van der Waals surface area (Å²) in [6.07, 6.45) is 1.08. The first-order chi connectivity index (χ1) is 6.77. The molecule has 0 atom stereocenters. The van der Waals surface area contributed by atoms with Gasteiger partial charge in [-0.15, -0.1) is 24.0 Å². The van der Waals surface area contributed by atoms with E-state index in [-0.39, 0.29) is 0 Å². The lowest BCUT2D eigenvalue weighted by molar-refractivity contribution is 1.11. The monoisotopic (exact) mass is 286 g/mol. The Morgan fingerprint density at radius 2 is 2.21 bits per heavy atom. The Bertz CT molecular complexity index is 460. The molecule has 2 aromatic rings. The van der Waals surface area contributed by atoms with Gasteiger partial charge >= 0.3 is 0 Å². The molecule has 0 N–H and O–H groups in total. The Kier molecular flexibility index (Phi) is 3.20. The molecule has 0 fully saturated rings. The lowest BCUT2D eigenvalue weighted by Gasteiger charge is -2.06. The van der Waals surface area contributed by atoms with Crippen molar-refractivity contribution in [2.75, 3.05) is 0 Å². The third kappa shape index (κ3) is 1.62. The van der Waals surface area contributed by atoms with Crippen LogP contribution in [-0.2, 0) is 11.8 Å². The number of benzene rings is 1. The van der Waals surface area contributed by atoms with Crippen molar-refractivity contribution < 1.29 is 0 Å². The number of aryl methyl sites for hydroxylation is 1. The minimum atomic E-state index is 0.914. The van der Waals surface area contributed by atoms with Crippen LogP contribution in [0, 0.1) is 0 Å². The minimum absolute atomic E-state index is 0.914. The van der Waals surface area contributed by atoms with Gasteiger partial charge in [0, 0.05) is 25.7 Å². The predicted molar refractivity (Wildman–Crippen MR) is 71.1 cm³/mol. The van der Waals surface area contributed by atoms with E-state index >= 15 is 0 Å². The molecule has 0 aliphatic heterocycles. The molecule has 1 aromatic carbocycles. The average Bonchev–Trinajstić information content (AvgIpc) is 2.59. The van der Waals surface area contributed by atoms with Crippen molar-refractivity contribution in [3.05, 3.63) is 28.6 Å². The van der Waals surface area contributed by atoms with Gasteiger partial charge in [-0.2, -0.15) is 0 Å². The maximum Gasteiger partial charge on any atom is 0.0357 e. The van der Waals surface area contributed by atoms with Gasteiger partial charge in [0.05, 0.1) is 0 Å². The second-order valence-corrected chi connectivity index (χ2v) is 5.14. The lowest BCUT2D eigenvalue weighted by atomic mass is 10.0. The van der Waals surface area contributed by atoms with Gasteiger partial charge in [0.2, 0.25) is 0 Å². The average molecular weight is 287 g/mol. The first-order valence-electron chi connectivity index (χ1n) is 4.54. The van der Waals surface area contributed by atoms with Crippen LogP contribution in [0.15, 0.2) is 22.4 Å². The summed E-state index contributed by atoms with van der Waals surface area (Å²) in [4.78, 5) is 1.11. The van der Waals surface area contributed by atoms with Crippen LogP contribution in [0.5, 0.6) is 0 Å². The highest BCUT2D eigenvalue weighted by Gasteiger charge is 2.09. The molecular formula is C11H11BrS2. The highest BCUT2D eigenvalue weighted by Crippen LogP contribution is 2.34. The molecule has 1 heterocycles. The number of hydrogen-bond donors (Lipinski definition) is 1. The van der Waals surface area contributed by atoms with Gasteiger partial charge in [0.1, 0.15) is 0 Å². The van der Waals surface area contributed by atoms with Crippen molar-refractivity contribution in [2.45, 2.75) is 23.6 Å². The maximum atomic E-state index is 4.50. The molecule has 0 bridgehead atoms. The van der Waals surface area contributed by atoms with Gasteiger partial charge < -0.3 is 0 Å². The standard InChI is InChI=1S/C11H11BrS2/c1-2-7-3-4-10-11(8(7)5-12)9(13)6-14-10/h3-4,6,13H,2,5H2,1H3. The smallest absolute Gasteiger partial charge is 0.0357 e. The van der Waals surface area contributed by atoms with Crippen LogP contribution in [0.4, 0.5) is 0 Å². The molecule has 0 amide bonds. The van der Waals surface area contributed by atoms with Crippen molar-refractivity contribution in [1.29, 1.82) is 0 Å². The molecule has 14 heavy (non-hydrogen) atoms. The fourth-order valence-electron chi connectivity index (χ4n) is 1.71. The van der Waals surface area contributed by atoms with Crippen molar-refractivity contribution in [1.82, 2.24) is 0 Å². The molecule has 1 aromatic heterocycles. The molecular weight excluding hydrogens is 276 g/mol. The second-order valence-electron chi connectivity index (χ2n) is 3.18. The summed E-state index contributed by atoms with van der Waals surface area (Å²) in [5, 5.41) is 4.35. The van der Waals surface area contributed by atoms with E-state index in [0.29, 0.717) is 0 Å². The Morgan fingerprint density at radius 3 is 2.86 bits per heavy atom. The fourth-order valence-corrected chi connectivity index (χ4v) is 3.69. The van der Waals surface area contributed by atoms with E-state index in [0.717, 1.165) is 16.6 Å². The molecule has 0 aliphatic carbocycles. The summed E-state index contributed by atoms with van der Waals surface area (Å²) in [5.74, 6) is 0. The summed E-state index contributed by atoms with van der Waals surface area (Å²) in [5.41, 5.74) is 2.82. The van der Waals surface area contributed by atoms with E-state index in [1.165, 1.54) is 21.2 Å². The highest BCUT2D eigenvalue weighted by molar-refractivity contribution is 9.08. The molecule has 0 spiro atoms. The molecule has 3 heteroatoms. The number of fused-ring (bicyclic) bond motifs is 1. The lowest BCUT2D eigenvalue weighted by Crippen LogP contribution is -1.89. The summed E-state index contributed by atoms with van der Waals surface area (Å²) >= 11 is 9.83. The van der Waals surface area contributed by atoms with Crippen LogP contribution in [0.25, 0.3) is 10.1 Å². The largest absolute Gasteiger partial charge is 0.143 e. The molecule has 0 saturated carbocycles. The highest BCUT2D eigenvalue weighted by atomic mass is 79.9. The molecule has 0 saturated heterocycles. The van der Waals surface area contributed by atoms with Gasteiger partial charge in [-0.25, -0.2) is 0 Å². The topological polar surface area (TPSA) is 0 Å². The van der Waals surface area contributed by atoms with E-state index in [1.807, 2.05) is 0 Å². The van der Waals surface area contributed by atoms with Crippen LogP contribution in [-0.4, -0.2) is 0 Å². The number of halogens is 1. The Labute approximate surface area is 102 Å². The molecule has 0 radical (unpaired) electrons. The summed E-state index contributed by atoms with van der Waals surface area (Å²) in [6.45, 7) is 2.19. The van der Waals surface area contributed by atoms with Gasteiger partial charge in [0.25, 0.3) is 0 Å². The first kappa shape index (κ1) is 10.5. The summed E-state index contributed by atoms with van der Waals surface area (Å²) < 4.78 is 1.33. The fraction of sp³-hybridized carbons (Fsp3) is 0.273. The predicted octanol–water partition coefficient (Wildman–Crippen LogP) is 4.65. The van der Waals surface area contributed by atoms with Crippen LogP contribution < -0.4 is 0 Å². The molecule has 0 unspecified atom stereocenters. The normalized spacial score (nSPS) is 11.1. The summed E-state index contributed by atoms with van der Waals surface area (Å²) in [7, 11) is 0. The SMILES string of the molecule is CCc1ccc2scc(S)c2c1CBr. The van der Waals surface area contributed by atoms with E-state index in [9.17, 15) is 0 Å². The van der Waals surface area contributed by atoms with Crippen molar-refractivity contribution in [3.63, 3.8) is 0 Å². The molecule has 0 nitrogen and oxygen atoms in total. The number of alkyl halides is 1. The van der Waals surface area contributed by atoms with Crippen molar-refractivity contribution >= 4 is 50.0 Å². The third-order valence-corrected chi connectivity index (χ3v) is 4.48. The van der Waals surface area contributed by atoms with Crippen LogP contribution in [0.3, 0.4) is 0 Å². The molecule has 74 valence electrons. The maximum absolute atomic E-state index is 4.50. The van der Waals surface area contributed by atoms with Crippen molar-refractivity contribution in [3.8, 4) is 0 Å². The van der Waals surface area contributed by atoms with Gasteiger partial charge in [-0.05, 0) is 23.6 Å². The zero-order chi connectivity index (χ0) is 10.1. The van der Waals surface area contributed by atoms with E-state index in [4.69, 9.17) is 0 Å². The Balaban J connectivity index is 2.81. The van der Waals surface area contributed by atoms with Crippen LogP contribution in [0.2, 0.25) is 0 Å². The number of thiol groups is 1. The third-order valence-electron chi connectivity index (χ3n) is 2.44. The minimum Gasteiger partial charge on any atom is -0.143 e. The number of hydrogen-bond acceptors (Lipinski definition) is 2. The number of thiophene rings is 1. The van der Waals surface area contributed by atoms with Gasteiger partial charge in [-0.1, -0.05) is 28.9 Å². The molecule has 0 aliphatic rings. The Morgan fingerprint density at radius 1 is 1.43 bits per heavy atom. The van der Waals surface area contributed by atoms with Crippen LogP contribution in [0.1, 0.15) is 18.1 Å². The first-order valence-corrected chi connectivity index (χ1v) is 6.99. The van der Waals surface area contributed by atoms with Gasteiger partial charge in [-0.3, -0.25) is 0 Å². The van der Waals surface area contributed by atoms with Crippen LogP contribution >= 0.6 is 39.9 Å². The zero-order valence-electron chi connectivity index (χ0n) is 7.88. The second kappa shape index (κ2) is 4.25. The van der Waals surface area contributed by atoms with E-state index in [2.05, 4.69) is 53.0 Å². The zero-order valence-corrected chi connectivity index (χ0v) is 11.2. The van der Waals surface area contributed by atoms with Gasteiger partial charge in [0.15, 0.2) is 0 Å². The Hall–Kier alpha value is 0.01000. The quantitative estimate of drug-likeness (QED) is 0.603. The number of rotatable bonds is 2. The van der Waals surface area contributed by atoms with Crippen molar-refractivity contribution in [2.24, 2.45) is 0 Å².